The number of hydrogen-bond acceptors (Lipinski definition) is 5. The van der Waals surface area contributed by atoms with Gasteiger partial charge in [-0.3, -0.25) is 9.59 Å². The molecule has 0 radical (unpaired) electrons. The van der Waals surface area contributed by atoms with Crippen LogP contribution in [0, 0.1) is 0 Å². The van der Waals surface area contributed by atoms with Gasteiger partial charge in [0.05, 0.1) is 25.9 Å². The number of ether oxygens (including phenoxy) is 3. The van der Waals surface area contributed by atoms with Crippen LogP contribution >= 0.6 is 0 Å². The van der Waals surface area contributed by atoms with Crippen LogP contribution in [0.5, 0.6) is 0 Å². The molecule has 0 aliphatic heterocycles. The molecular weight excluding hydrogens is 404 g/mol. The molecule has 0 unspecified atom stereocenters. The van der Waals surface area contributed by atoms with Crippen molar-refractivity contribution in [3.8, 4) is 0 Å². The minimum atomic E-state index is -0.536. The van der Waals surface area contributed by atoms with Gasteiger partial charge in [0.1, 0.15) is 18.8 Å². The Morgan fingerprint density at radius 3 is 1.72 bits per heavy atom. The number of Topliss-reactive ketones (excluding diaryl/α,β-unsaturated/α-hetero) is 1. The maximum atomic E-state index is 12.5. The number of carbonyl (C=O) groups is 2. The van der Waals surface area contributed by atoms with Crippen LogP contribution in [0.1, 0.15) is 29.5 Å². The zero-order valence-electron chi connectivity index (χ0n) is 18.0. The summed E-state index contributed by atoms with van der Waals surface area (Å²) in [5.41, 5.74) is 2.94. The van der Waals surface area contributed by atoms with Gasteiger partial charge in [-0.05, 0) is 16.7 Å². The normalized spacial score (nSPS) is 11.6. The maximum absolute atomic E-state index is 12.5. The summed E-state index contributed by atoms with van der Waals surface area (Å²) >= 11 is 0. The highest BCUT2D eigenvalue weighted by Crippen LogP contribution is 2.11. The molecule has 5 heteroatoms. The van der Waals surface area contributed by atoms with E-state index >= 15 is 0 Å². The first kappa shape index (κ1) is 23.4. The zero-order valence-corrected chi connectivity index (χ0v) is 18.0. The molecule has 0 aliphatic carbocycles. The lowest BCUT2D eigenvalue weighted by atomic mass is 10.1. The number of esters is 1. The van der Waals surface area contributed by atoms with E-state index in [0.717, 1.165) is 16.7 Å². The topological polar surface area (TPSA) is 61.8 Å². The van der Waals surface area contributed by atoms with E-state index < -0.39 is 12.1 Å². The summed E-state index contributed by atoms with van der Waals surface area (Å²) in [6.07, 6.45) is -0.646. The number of ketones is 1. The molecule has 0 bridgehead atoms. The van der Waals surface area contributed by atoms with Gasteiger partial charge in [0.25, 0.3) is 0 Å². The third-order valence-electron chi connectivity index (χ3n) is 4.78. The van der Waals surface area contributed by atoms with E-state index in [0.29, 0.717) is 13.2 Å². The van der Waals surface area contributed by atoms with E-state index in [1.54, 1.807) is 0 Å². The zero-order chi connectivity index (χ0) is 22.4. The fourth-order valence-electron chi connectivity index (χ4n) is 3.11. The molecule has 5 nitrogen and oxygen atoms in total. The Kier molecular flexibility index (Phi) is 9.65. The summed E-state index contributed by atoms with van der Waals surface area (Å²) in [5.74, 6) is -0.768. The fourth-order valence-corrected chi connectivity index (χ4v) is 3.11. The Morgan fingerprint density at radius 2 is 1.16 bits per heavy atom. The SMILES string of the molecule is O=C(CC(=O)OCc1ccccc1)C[C@@H](COCc1ccccc1)OCc1ccccc1. The first-order valence-corrected chi connectivity index (χ1v) is 10.7. The van der Waals surface area contributed by atoms with Crippen molar-refractivity contribution in [3.63, 3.8) is 0 Å². The van der Waals surface area contributed by atoms with E-state index in [2.05, 4.69) is 0 Å². The third kappa shape index (κ3) is 8.84. The molecule has 0 N–H and O–H groups in total. The van der Waals surface area contributed by atoms with Gasteiger partial charge in [-0.2, -0.15) is 0 Å². The first-order chi connectivity index (χ1) is 15.7. The van der Waals surface area contributed by atoms with Crippen molar-refractivity contribution in [2.75, 3.05) is 6.61 Å². The highest BCUT2D eigenvalue weighted by molar-refractivity contribution is 5.95. The average molecular weight is 433 g/mol. The summed E-state index contributed by atoms with van der Waals surface area (Å²) in [5, 5.41) is 0. The molecule has 0 aromatic heterocycles. The second-order valence-electron chi connectivity index (χ2n) is 7.49. The van der Waals surface area contributed by atoms with Gasteiger partial charge in [-0.1, -0.05) is 91.0 Å². The third-order valence-corrected chi connectivity index (χ3v) is 4.78. The van der Waals surface area contributed by atoms with Crippen molar-refractivity contribution in [2.24, 2.45) is 0 Å². The van der Waals surface area contributed by atoms with Crippen LogP contribution in [0.15, 0.2) is 91.0 Å². The predicted octanol–water partition coefficient (Wildman–Crippen LogP) is 4.88. The van der Waals surface area contributed by atoms with E-state index in [9.17, 15) is 9.59 Å². The Bertz CT molecular complexity index is 942. The molecule has 3 rings (SSSR count). The van der Waals surface area contributed by atoms with Crippen molar-refractivity contribution in [3.05, 3.63) is 108 Å². The Balaban J connectivity index is 1.47. The van der Waals surface area contributed by atoms with Crippen molar-refractivity contribution in [1.29, 1.82) is 0 Å². The lowest BCUT2D eigenvalue weighted by molar-refractivity contribution is -0.148. The largest absolute Gasteiger partial charge is 0.460 e. The second-order valence-corrected chi connectivity index (χ2v) is 7.49. The Labute approximate surface area is 188 Å². The smallest absolute Gasteiger partial charge is 0.313 e. The second kappa shape index (κ2) is 13.2. The highest BCUT2D eigenvalue weighted by atomic mass is 16.5. The molecule has 0 aliphatic rings. The van der Waals surface area contributed by atoms with Crippen LogP contribution in [-0.4, -0.2) is 24.5 Å². The summed E-state index contributed by atoms with van der Waals surface area (Å²) in [4.78, 5) is 24.6. The van der Waals surface area contributed by atoms with Crippen LogP contribution in [0.3, 0.4) is 0 Å². The summed E-state index contributed by atoms with van der Waals surface area (Å²) in [7, 11) is 0. The van der Waals surface area contributed by atoms with Gasteiger partial charge < -0.3 is 14.2 Å². The van der Waals surface area contributed by atoms with Crippen molar-refractivity contribution >= 4 is 11.8 Å². The summed E-state index contributed by atoms with van der Waals surface area (Å²) < 4.78 is 17.0. The van der Waals surface area contributed by atoms with Crippen molar-refractivity contribution in [2.45, 2.75) is 38.8 Å². The maximum Gasteiger partial charge on any atom is 0.313 e. The number of benzene rings is 3. The minimum absolute atomic E-state index is 0.0854. The quantitative estimate of drug-likeness (QED) is 0.285. The van der Waals surface area contributed by atoms with Crippen LogP contribution in [0.4, 0.5) is 0 Å². The van der Waals surface area contributed by atoms with Gasteiger partial charge in [-0.25, -0.2) is 0 Å². The lowest BCUT2D eigenvalue weighted by Gasteiger charge is -2.18. The van der Waals surface area contributed by atoms with Gasteiger partial charge in [-0.15, -0.1) is 0 Å². The van der Waals surface area contributed by atoms with E-state index in [1.165, 1.54) is 0 Å². The fraction of sp³-hybridized carbons (Fsp3) is 0.259. The minimum Gasteiger partial charge on any atom is -0.460 e. The van der Waals surface area contributed by atoms with E-state index in [4.69, 9.17) is 14.2 Å². The van der Waals surface area contributed by atoms with Gasteiger partial charge in [0.2, 0.25) is 0 Å². The molecule has 3 aromatic carbocycles. The van der Waals surface area contributed by atoms with E-state index in [-0.39, 0.29) is 31.8 Å². The van der Waals surface area contributed by atoms with Gasteiger partial charge in [0.15, 0.2) is 0 Å². The molecule has 0 heterocycles. The molecule has 0 fully saturated rings. The number of carbonyl (C=O) groups excluding carboxylic acids is 2. The number of rotatable bonds is 13. The summed E-state index contributed by atoms with van der Waals surface area (Å²) in [6, 6.07) is 28.9. The molecular formula is C27H28O5. The monoisotopic (exact) mass is 432 g/mol. The van der Waals surface area contributed by atoms with Gasteiger partial charge >= 0.3 is 5.97 Å². The molecule has 32 heavy (non-hydrogen) atoms. The van der Waals surface area contributed by atoms with Crippen molar-refractivity contribution in [1.82, 2.24) is 0 Å². The standard InChI is InChI=1S/C27H28O5/c28-25(17-27(29)32-20-24-14-8-3-9-15-24)16-26(31-19-23-12-6-2-7-13-23)21-30-18-22-10-4-1-5-11-22/h1-15,26H,16-21H2/t26-/m0/s1. The first-order valence-electron chi connectivity index (χ1n) is 10.7. The summed E-state index contributed by atoms with van der Waals surface area (Å²) in [6.45, 7) is 1.21. The molecule has 0 spiro atoms. The van der Waals surface area contributed by atoms with Crippen LogP contribution in [0.2, 0.25) is 0 Å². The highest BCUT2D eigenvalue weighted by Gasteiger charge is 2.19. The van der Waals surface area contributed by atoms with Gasteiger partial charge in [0, 0.05) is 6.42 Å². The average Bonchev–Trinajstić information content (AvgIpc) is 2.83. The van der Waals surface area contributed by atoms with Crippen LogP contribution in [-0.2, 0) is 43.6 Å². The lowest BCUT2D eigenvalue weighted by Crippen LogP contribution is -2.25. The predicted molar refractivity (Wildman–Crippen MR) is 122 cm³/mol. The Morgan fingerprint density at radius 1 is 0.656 bits per heavy atom. The Hall–Kier alpha value is -3.28. The molecule has 0 saturated carbocycles. The molecule has 0 amide bonds. The van der Waals surface area contributed by atoms with Crippen LogP contribution in [0.25, 0.3) is 0 Å². The molecule has 166 valence electrons. The van der Waals surface area contributed by atoms with E-state index in [1.807, 2.05) is 91.0 Å². The van der Waals surface area contributed by atoms with Crippen molar-refractivity contribution < 1.29 is 23.8 Å². The van der Waals surface area contributed by atoms with Crippen LogP contribution < -0.4 is 0 Å². The molecule has 1 atom stereocenters. The number of hydrogen-bond donors (Lipinski definition) is 0. The molecule has 3 aromatic rings. The molecule has 0 saturated heterocycles.